The van der Waals surface area contributed by atoms with Crippen LogP contribution in [0.2, 0.25) is 0 Å². The van der Waals surface area contributed by atoms with Crippen LogP contribution in [0.25, 0.3) is 0 Å². The molecule has 0 spiro atoms. The van der Waals surface area contributed by atoms with Gasteiger partial charge in [-0.3, -0.25) is 10.3 Å². The van der Waals surface area contributed by atoms with Crippen molar-refractivity contribution in [2.75, 3.05) is 13.1 Å². The van der Waals surface area contributed by atoms with Gasteiger partial charge in [-0.05, 0) is 32.0 Å². The fraction of sp³-hybridized carbons (Fsp3) is 0.417. The number of nitrogens with one attached hydrogen (secondary N) is 1. The van der Waals surface area contributed by atoms with Gasteiger partial charge < -0.3 is 5.73 Å². The zero-order chi connectivity index (χ0) is 11.5. The molecular weight excluding hydrogens is 205 g/mol. The third-order valence-corrected chi connectivity index (χ3v) is 2.96. The topological polar surface area (TPSA) is 53.1 Å². The molecule has 0 radical (unpaired) electrons. The van der Waals surface area contributed by atoms with Gasteiger partial charge in [0.2, 0.25) is 0 Å². The molecule has 0 bridgehead atoms. The summed E-state index contributed by atoms with van der Waals surface area (Å²) < 4.78 is 13.7. The first-order valence-electron chi connectivity index (χ1n) is 5.52. The van der Waals surface area contributed by atoms with E-state index in [0.717, 1.165) is 13.1 Å². The van der Waals surface area contributed by atoms with Crippen LogP contribution in [-0.2, 0) is 6.54 Å². The van der Waals surface area contributed by atoms with Crippen molar-refractivity contribution in [2.45, 2.75) is 19.4 Å². The van der Waals surface area contributed by atoms with E-state index < -0.39 is 0 Å². The molecule has 2 rings (SSSR count). The Morgan fingerprint density at radius 1 is 1.38 bits per heavy atom. The summed E-state index contributed by atoms with van der Waals surface area (Å²) in [5.74, 6) is -0.355. The Labute approximate surface area is 94.6 Å². The highest BCUT2D eigenvalue weighted by atomic mass is 19.1. The molecule has 1 saturated heterocycles. The van der Waals surface area contributed by atoms with Crippen LogP contribution in [0.15, 0.2) is 18.2 Å². The first-order valence-corrected chi connectivity index (χ1v) is 5.52. The van der Waals surface area contributed by atoms with Crippen LogP contribution in [0.4, 0.5) is 4.39 Å². The van der Waals surface area contributed by atoms with E-state index in [1.54, 1.807) is 12.1 Å². The number of hydrogen-bond donors (Lipinski definition) is 2. The average Bonchev–Trinajstić information content (AvgIpc) is 2.73. The Morgan fingerprint density at radius 2 is 2.06 bits per heavy atom. The molecular formula is C12H16FN3. The Hall–Kier alpha value is -1.42. The van der Waals surface area contributed by atoms with E-state index >= 15 is 0 Å². The highest BCUT2D eigenvalue weighted by Crippen LogP contribution is 2.16. The molecule has 1 heterocycles. The van der Waals surface area contributed by atoms with Crippen LogP contribution >= 0.6 is 0 Å². The lowest BCUT2D eigenvalue weighted by atomic mass is 10.1. The lowest BCUT2D eigenvalue weighted by Gasteiger charge is -2.15. The number of nitrogens with two attached hydrogens (primary N) is 1. The molecule has 16 heavy (non-hydrogen) atoms. The van der Waals surface area contributed by atoms with Gasteiger partial charge in [0, 0.05) is 17.7 Å². The molecule has 0 atom stereocenters. The van der Waals surface area contributed by atoms with Gasteiger partial charge in [-0.2, -0.15) is 0 Å². The lowest BCUT2D eigenvalue weighted by Crippen LogP contribution is -2.19. The molecule has 3 N–H and O–H groups in total. The highest BCUT2D eigenvalue weighted by molar-refractivity contribution is 5.94. The van der Waals surface area contributed by atoms with E-state index in [2.05, 4.69) is 4.90 Å². The quantitative estimate of drug-likeness (QED) is 0.603. The summed E-state index contributed by atoms with van der Waals surface area (Å²) in [6, 6.07) is 4.77. The number of rotatable bonds is 3. The summed E-state index contributed by atoms with van der Waals surface area (Å²) in [6.45, 7) is 2.76. The monoisotopic (exact) mass is 221 g/mol. The Balaban J connectivity index is 2.12. The molecule has 1 aromatic carbocycles. The van der Waals surface area contributed by atoms with Gasteiger partial charge in [0.25, 0.3) is 0 Å². The van der Waals surface area contributed by atoms with Gasteiger partial charge in [0.1, 0.15) is 11.7 Å². The maximum absolute atomic E-state index is 13.7. The van der Waals surface area contributed by atoms with Crippen LogP contribution in [0, 0.1) is 11.2 Å². The molecule has 1 fully saturated rings. The number of nitrogens with zero attached hydrogens (tertiary/aromatic N) is 1. The standard InChI is InChI=1S/C12H16FN3/c13-11-7-9(12(14)15)3-4-10(11)8-16-5-1-2-6-16/h3-4,7H,1-2,5-6,8H2,(H3,14,15). The second-order valence-electron chi connectivity index (χ2n) is 4.20. The molecule has 1 aliphatic rings. The van der Waals surface area contributed by atoms with Crippen LogP contribution in [0.1, 0.15) is 24.0 Å². The van der Waals surface area contributed by atoms with Crippen molar-refractivity contribution in [1.29, 1.82) is 5.41 Å². The normalized spacial score (nSPS) is 16.6. The minimum Gasteiger partial charge on any atom is -0.384 e. The number of halogens is 1. The highest BCUT2D eigenvalue weighted by Gasteiger charge is 2.14. The summed E-state index contributed by atoms with van der Waals surface area (Å²) in [5, 5.41) is 7.23. The number of likely N-dealkylation sites (tertiary alicyclic amines) is 1. The van der Waals surface area contributed by atoms with Crippen molar-refractivity contribution < 1.29 is 4.39 Å². The minimum absolute atomic E-state index is 0.0911. The fourth-order valence-electron chi connectivity index (χ4n) is 2.02. The molecule has 4 heteroatoms. The van der Waals surface area contributed by atoms with E-state index in [1.807, 2.05) is 0 Å². The number of amidine groups is 1. The lowest BCUT2D eigenvalue weighted by molar-refractivity contribution is 0.325. The Morgan fingerprint density at radius 3 is 2.62 bits per heavy atom. The van der Waals surface area contributed by atoms with Crippen molar-refractivity contribution in [3.05, 3.63) is 35.1 Å². The van der Waals surface area contributed by atoms with E-state index in [9.17, 15) is 4.39 Å². The largest absolute Gasteiger partial charge is 0.384 e. The number of hydrogen-bond acceptors (Lipinski definition) is 2. The van der Waals surface area contributed by atoms with Crippen molar-refractivity contribution >= 4 is 5.84 Å². The molecule has 1 aromatic rings. The minimum atomic E-state index is -0.264. The van der Waals surface area contributed by atoms with Crippen LogP contribution in [0.5, 0.6) is 0 Å². The van der Waals surface area contributed by atoms with Crippen LogP contribution in [0.3, 0.4) is 0 Å². The average molecular weight is 221 g/mol. The number of benzene rings is 1. The molecule has 0 aromatic heterocycles. The van der Waals surface area contributed by atoms with E-state index in [-0.39, 0.29) is 11.7 Å². The van der Waals surface area contributed by atoms with Gasteiger partial charge in [-0.1, -0.05) is 12.1 Å². The maximum atomic E-state index is 13.7. The van der Waals surface area contributed by atoms with E-state index in [0.29, 0.717) is 17.7 Å². The van der Waals surface area contributed by atoms with Gasteiger partial charge in [0.15, 0.2) is 0 Å². The van der Waals surface area contributed by atoms with E-state index in [4.69, 9.17) is 11.1 Å². The Kier molecular flexibility index (Phi) is 3.19. The third kappa shape index (κ3) is 2.39. The van der Waals surface area contributed by atoms with Gasteiger partial charge >= 0.3 is 0 Å². The van der Waals surface area contributed by atoms with Gasteiger partial charge in [-0.15, -0.1) is 0 Å². The Bertz CT molecular complexity index is 397. The molecule has 86 valence electrons. The van der Waals surface area contributed by atoms with Crippen molar-refractivity contribution in [3.8, 4) is 0 Å². The predicted molar refractivity (Wildman–Crippen MR) is 61.9 cm³/mol. The van der Waals surface area contributed by atoms with Gasteiger partial charge in [0.05, 0.1) is 0 Å². The first kappa shape index (κ1) is 11.1. The SMILES string of the molecule is N=C(N)c1ccc(CN2CCCC2)c(F)c1. The molecule has 0 aliphatic carbocycles. The summed E-state index contributed by atoms with van der Waals surface area (Å²) >= 11 is 0. The second kappa shape index (κ2) is 4.61. The second-order valence-corrected chi connectivity index (χ2v) is 4.20. The van der Waals surface area contributed by atoms with Crippen molar-refractivity contribution in [1.82, 2.24) is 4.90 Å². The zero-order valence-electron chi connectivity index (χ0n) is 9.17. The first-order chi connectivity index (χ1) is 7.66. The van der Waals surface area contributed by atoms with Crippen molar-refractivity contribution in [3.63, 3.8) is 0 Å². The molecule has 0 unspecified atom stereocenters. The fourth-order valence-corrected chi connectivity index (χ4v) is 2.02. The zero-order valence-corrected chi connectivity index (χ0v) is 9.17. The molecule has 3 nitrogen and oxygen atoms in total. The van der Waals surface area contributed by atoms with Crippen LogP contribution in [-0.4, -0.2) is 23.8 Å². The van der Waals surface area contributed by atoms with Crippen molar-refractivity contribution in [2.24, 2.45) is 5.73 Å². The van der Waals surface area contributed by atoms with E-state index in [1.165, 1.54) is 18.9 Å². The smallest absolute Gasteiger partial charge is 0.128 e. The van der Waals surface area contributed by atoms with Gasteiger partial charge in [-0.25, -0.2) is 4.39 Å². The van der Waals surface area contributed by atoms with Crippen LogP contribution < -0.4 is 5.73 Å². The third-order valence-electron chi connectivity index (χ3n) is 2.96. The summed E-state index contributed by atoms with van der Waals surface area (Å²) in [4.78, 5) is 2.24. The number of nitrogen functional groups attached to an aromatic ring is 1. The predicted octanol–water partition coefficient (Wildman–Crippen LogP) is 1.71. The summed E-state index contributed by atoms with van der Waals surface area (Å²) in [7, 11) is 0. The molecule has 0 amide bonds. The maximum Gasteiger partial charge on any atom is 0.128 e. The summed E-state index contributed by atoms with van der Waals surface area (Å²) in [5.41, 5.74) is 6.44. The summed E-state index contributed by atoms with van der Waals surface area (Å²) in [6.07, 6.45) is 2.40. The molecule has 0 saturated carbocycles. The molecule has 1 aliphatic heterocycles.